The van der Waals surface area contributed by atoms with Gasteiger partial charge in [-0.15, -0.1) is 5.10 Å². The highest BCUT2D eigenvalue weighted by Gasteiger charge is 2.26. The molecule has 0 bridgehead atoms. The fraction of sp³-hybridized carbons (Fsp3) is 0.556. The van der Waals surface area contributed by atoms with Crippen LogP contribution in [0.1, 0.15) is 6.42 Å². The molecular weight excluding hydrogens is 260 g/mol. The van der Waals surface area contributed by atoms with Crippen LogP contribution in [0.25, 0.3) is 0 Å². The minimum atomic E-state index is -0.936. The number of hydrogen-bond acceptors (Lipinski definition) is 6. The summed E-state index contributed by atoms with van der Waals surface area (Å²) in [7, 11) is 0. The van der Waals surface area contributed by atoms with Gasteiger partial charge >= 0.3 is 12.0 Å². The Labute approximate surface area is 107 Å². The van der Waals surface area contributed by atoms with E-state index in [2.05, 4.69) is 14.9 Å². The molecule has 1 atom stereocenters. The van der Waals surface area contributed by atoms with E-state index in [0.29, 0.717) is 18.2 Å². The van der Waals surface area contributed by atoms with Crippen LogP contribution in [0.3, 0.4) is 0 Å². The number of carboxylic acid groups (broad SMARTS) is 1. The van der Waals surface area contributed by atoms with Crippen LogP contribution < -0.4 is 5.32 Å². The summed E-state index contributed by atoms with van der Waals surface area (Å²) in [5.41, 5.74) is 0. The maximum Gasteiger partial charge on any atom is 0.322 e. The van der Waals surface area contributed by atoms with Gasteiger partial charge in [-0.3, -0.25) is 10.1 Å². The van der Waals surface area contributed by atoms with Gasteiger partial charge in [0.2, 0.25) is 0 Å². The van der Waals surface area contributed by atoms with E-state index in [9.17, 15) is 9.59 Å². The van der Waals surface area contributed by atoms with Gasteiger partial charge in [0.15, 0.2) is 0 Å². The van der Waals surface area contributed by atoms with Gasteiger partial charge in [0.25, 0.3) is 0 Å². The van der Waals surface area contributed by atoms with E-state index < -0.39 is 12.1 Å². The van der Waals surface area contributed by atoms with Crippen molar-refractivity contribution in [3.8, 4) is 0 Å². The summed E-state index contributed by atoms with van der Waals surface area (Å²) in [6, 6.07) is -0.292. The third-order valence-corrected chi connectivity index (χ3v) is 3.00. The lowest BCUT2D eigenvalue weighted by atomic mass is 10.2. The number of carbonyl (C=O) groups excluding carboxylic acids is 1. The summed E-state index contributed by atoms with van der Waals surface area (Å²) in [4.78, 5) is 24.0. The summed E-state index contributed by atoms with van der Waals surface area (Å²) >= 11 is 1.08. The molecule has 0 radical (unpaired) electrons. The molecule has 1 aromatic heterocycles. The van der Waals surface area contributed by atoms with E-state index in [-0.39, 0.29) is 19.0 Å². The molecule has 1 aromatic rings. The molecule has 0 saturated carbocycles. The lowest BCUT2D eigenvalue weighted by molar-refractivity contribution is -0.141. The first-order valence-corrected chi connectivity index (χ1v) is 6.09. The molecule has 2 N–H and O–H groups in total. The van der Waals surface area contributed by atoms with Crippen LogP contribution in [-0.2, 0) is 9.53 Å². The molecule has 1 unspecified atom stereocenters. The molecule has 9 heteroatoms. The van der Waals surface area contributed by atoms with Gasteiger partial charge < -0.3 is 14.7 Å². The molecule has 98 valence electrons. The van der Waals surface area contributed by atoms with E-state index in [1.807, 2.05) is 0 Å². The van der Waals surface area contributed by atoms with E-state index in [1.165, 1.54) is 11.1 Å². The molecule has 1 aliphatic rings. The highest BCUT2D eigenvalue weighted by atomic mass is 32.1. The summed E-state index contributed by atoms with van der Waals surface area (Å²) in [5, 5.41) is 15.5. The number of carboxylic acids is 1. The second-order valence-corrected chi connectivity index (χ2v) is 4.53. The topological polar surface area (TPSA) is 105 Å². The Hall–Kier alpha value is -1.74. The average Bonchev–Trinajstić information content (AvgIpc) is 2.81. The Morgan fingerprint density at radius 1 is 1.67 bits per heavy atom. The predicted octanol–water partition coefficient (Wildman–Crippen LogP) is 0.245. The van der Waals surface area contributed by atoms with Gasteiger partial charge in [-0.1, -0.05) is 4.49 Å². The summed E-state index contributed by atoms with van der Waals surface area (Å²) in [6.45, 7) is 1.05. The highest BCUT2D eigenvalue weighted by molar-refractivity contribution is 7.10. The first kappa shape index (κ1) is 12.7. The molecule has 1 aliphatic heterocycles. The number of nitrogens with zero attached hydrogens (tertiary/aromatic N) is 3. The minimum Gasteiger partial charge on any atom is -0.481 e. The van der Waals surface area contributed by atoms with Crippen molar-refractivity contribution in [2.45, 2.75) is 12.5 Å². The molecule has 1 saturated heterocycles. The van der Waals surface area contributed by atoms with Crippen LogP contribution in [-0.4, -0.2) is 57.4 Å². The van der Waals surface area contributed by atoms with Crippen LogP contribution in [0.15, 0.2) is 6.20 Å². The first-order valence-electron chi connectivity index (χ1n) is 5.32. The van der Waals surface area contributed by atoms with Gasteiger partial charge in [0.05, 0.1) is 25.3 Å². The van der Waals surface area contributed by atoms with Gasteiger partial charge in [0.1, 0.15) is 5.00 Å². The van der Waals surface area contributed by atoms with Gasteiger partial charge in [-0.2, -0.15) is 0 Å². The van der Waals surface area contributed by atoms with Crippen molar-refractivity contribution in [3.05, 3.63) is 6.20 Å². The molecule has 1 fully saturated rings. The standard InChI is InChI=1S/C9H12N4O4S/c14-8(15)3-6-5-13(1-2-17-6)9(16)11-7-4-10-12-18-7/h4,6H,1-3,5H2,(H,11,16)(H,14,15). The highest BCUT2D eigenvalue weighted by Crippen LogP contribution is 2.13. The smallest absolute Gasteiger partial charge is 0.322 e. The quantitative estimate of drug-likeness (QED) is 0.817. The maximum absolute atomic E-state index is 11.9. The van der Waals surface area contributed by atoms with Crippen molar-refractivity contribution in [2.24, 2.45) is 0 Å². The lowest BCUT2D eigenvalue weighted by Gasteiger charge is -2.32. The Kier molecular flexibility index (Phi) is 4.05. The van der Waals surface area contributed by atoms with E-state index >= 15 is 0 Å². The summed E-state index contributed by atoms with van der Waals surface area (Å²) < 4.78 is 8.91. The monoisotopic (exact) mass is 272 g/mol. The number of aromatic nitrogens is 2. The molecule has 0 spiro atoms. The van der Waals surface area contributed by atoms with Crippen molar-refractivity contribution in [1.82, 2.24) is 14.5 Å². The Morgan fingerprint density at radius 2 is 2.50 bits per heavy atom. The molecule has 8 nitrogen and oxygen atoms in total. The third kappa shape index (κ3) is 3.37. The van der Waals surface area contributed by atoms with Crippen LogP contribution in [0.5, 0.6) is 0 Å². The zero-order valence-corrected chi connectivity index (χ0v) is 10.2. The van der Waals surface area contributed by atoms with Gasteiger partial charge in [-0.25, -0.2) is 4.79 Å². The summed E-state index contributed by atoms with van der Waals surface area (Å²) in [6.07, 6.45) is 0.894. The molecule has 2 heterocycles. The van der Waals surface area contributed by atoms with Crippen LogP contribution in [0.2, 0.25) is 0 Å². The number of hydrogen-bond donors (Lipinski definition) is 2. The molecule has 0 aromatic carbocycles. The number of rotatable bonds is 3. The van der Waals surface area contributed by atoms with Crippen molar-refractivity contribution >= 4 is 28.5 Å². The number of ether oxygens (including phenoxy) is 1. The number of nitrogens with one attached hydrogen (secondary N) is 1. The largest absolute Gasteiger partial charge is 0.481 e. The maximum atomic E-state index is 11.9. The zero-order chi connectivity index (χ0) is 13.0. The van der Waals surface area contributed by atoms with Crippen LogP contribution >= 0.6 is 11.5 Å². The second kappa shape index (κ2) is 5.74. The first-order chi connectivity index (χ1) is 8.65. The number of aliphatic carboxylic acids is 1. The fourth-order valence-electron chi connectivity index (χ4n) is 1.63. The molecule has 2 rings (SSSR count). The van der Waals surface area contributed by atoms with E-state index in [0.717, 1.165) is 11.5 Å². The normalized spacial score (nSPS) is 19.6. The molecular formula is C9H12N4O4S. The molecule has 2 amide bonds. The van der Waals surface area contributed by atoms with Crippen molar-refractivity contribution in [3.63, 3.8) is 0 Å². The Balaban J connectivity index is 1.88. The number of morpholine rings is 1. The predicted molar refractivity (Wildman–Crippen MR) is 62.5 cm³/mol. The number of amides is 2. The zero-order valence-electron chi connectivity index (χ0n) is 9.40. The van der Waals surface area contributed by atoms with E-state index in [4.69, 9.17) is 9.84 Å². The van der Waals surface area contributed by atoms with Crippen molar-refractivity contribution in [1.29, 1.82) is 0 Å². The van der Waals surface area contributed by atoms with Crippen molar-refractivity contribution < 1.29 is 19.4 Å². The van der Waals surface area contributed by atoms with Crippen LogP contribution in [0.4, 0.5) is 9.80 Å². The second-order valence-electron chi connectivity index (χ2n) is 3.75. The minimum absolute atomic E-state index is 0.105. The lowest BCUT2D eigenvalue weighted by Crippen LogP contribution is -2.47. The summed E-state index contributed by atoms with van der Waals surface area (Å²) in [5.74, 6) is -0.936. The number of carbonyl (C=O) groups is 2. The van der Waals surface area contributed by atoms with Crippen molar-refractivity contribution in [2.75, 3.05) is 25.0 Å². The van der Waals surface area contributed by atoms with Gasteiger partial charge in [0, 0.05) is 24.6 Å². The number of urea groups is 1. The molecule has 0 aliphatic carbocycles. The fourth-order valence-corrected chi connectivity index (χ4v) is 2.04. The van der Waals surface area contributed by atoms with Crippen LogP contribution in [0, 0.1) is 0 Å². The third-order valence-electron chi connectivity index (χ3n) is 2.42. The number of anilines is 1. The van der Waals surface area contributed by atoms with Gasteiger partial charge in [-0.05, 0) is 0 Å². The Morgan fingerprint density at radius 3 is 3.17 bits per heavy atom. The Bertz CT molecular complexity index is 424. The SMILES string of the molecule is O=C(O)CC1CN(C(=O)Nc2cnns2)CCO1. The van der Waals surface area contributed by atoms with E-state index in [1.54, 1.807) is 0 Å². The average molecular weight is 272 g/mol. The molecule has 18 heavy (non-hydrogen) atoms.